The van der Waals surface area contributed by atoms with Gasteiger partial charge in [-0.05, 0) is 36.1 Å². The Labute approximate surface area is 156 Å². The lowest BCUT2D eigenvalue weighted by Crippen LogP contribution is -2.48. The number of hydrogen-bond acceptors (Lipinski definition) is 4. The van der Waals surface area contributed by atoms with Gasteiger partial charge in [-0.2, -0.15) is 0 Å². The largest absolute Gasteiger partial charge is 0.495 e. The van der Waals surface area contributed by atoms with Gasteiger partial charge in [-0.25, -0.2) is 0 Å². The normalized spacial score (nSPS) is 23.5. The van der Waals surface area contributed by atoms with Crippen molar-refractivity contribution in [3.63, 3.8) is 0 Å². The number of piperazine rings is 1. The molecule has 138 valence electrons. The number of hydrogen-bond donors (Lipinski definition) is 1. The summed E-state index contributed by atoms with van der Waals surface area (Å²) in [6, 6.07) is 16.6. The lowest BCUT2D eigenvalue weighted by Gasteiger charge is -2.40. The van der Waals surface area contributed by atoms with E-state index < -0.39 is 0 Å². The Kier molecular flexibility index (Phi) is 5.14. The summed E-state index contributed by atoms with van der Waals surface area (Å²) < 4.78 is 5.51. The number of aliphatic hydroxyl groups is 1. The van der Waals surface area contributed by atoms with E-state index in [0.717, 1.165) is 56.9 Å². The second kappa shape index (κ2) is 7.68. The van der Waals surface area contributed by atoms with E-state index in [1.165, 1.54) is 11.3 Å². The van der Waals surface area contributed by atoms with E-state index in [1.54, 1.807) is 7.11 Å². The van der Waals surface area contributed by atoms with Crippen LogP contribution >= 0.6 is 0 Å². The fourth-order valence-electron chi connectivity index (χ4n) is 4.39. The van der Waals surface area contributed by atoms with Gasteiger partial charge in [0.1, 0.15) is 5.75 Å². The highest BCUT2D eigenvalue weighted by Crippen LogP contribution is 2.35. The van der Waals surface area contributed by atoms with E-state index in [-0.39, 0.29) is 6.10 Å². The third-order valence-corrected chi connectivity index (χ3v) is 5.90. The number of fused-ring (bicyclic) bond motifs is 1. The van der Waals surface area contributed by atoms with E-state index in [9.17, 15) is 5.11 Å². The van der Waals surface area contributed by atoms with Gasteiger partial charge >= 0.3 is 0 Å². The van der Waals surface area contributed by atoms with Crippen LogP contribution in [-0.2, 0) is 6.42 Å². The van der Waals surface area contributed by atoms with Gasteiger partial charge in [-0.15, -0.1) is 0 Å². The first-order valence-electron chi connectivity index (χ1n) is 9.62. The fourth-order valence-corrected chi connectivity index (χ4v) is 4.39. The van der Waals surface area contributed by atoms with Gasteiger partial charge in [0.25, 0.3) is 0 Å². The lowest BCUT2D eigenvalue weighted by atomic mass is 9.81. The first-order valence-corrected chi connectivity index (χ1v) is 9.62. The molecule has 2 aliphatic rings. The number of aliphatic hydroxyl groups excluding tert-OH is 1. The number of ether oxygens (including phenoxy) is 1. The average molecular weight is 352 g/mol. The van der Waals surface area contributed by atoms with E-state index in [0.29, 0.717) is 5.92 Å². The van der Waals surface area contributed by atoms with E-state index in [4.69, 9.17) is 4.74 Å². The fraction of sp³-hybridized carbons (Fsp3) is 0.455. The zero-order valence-electron chi connectivity index (χ0n) is 15.5. The molecule has 1 heterocycles. The standard InChI is InChI=1S/C22H28N2O2/c1-26-21-9-5-4-8-20(21)24-14-12-23(13-15-24)16-18-11-10-17-6-2-3-7-19(17)22(18)25/h2-9,18,22,25H,10-16H2,1H3/t18-,22-/m0/s1. The first-order chi connectivity index (χ1) is 12.8. The second-order valence-electron chi connectivity index (χ2n) is 7.40. The van der Waals surface area contributed by atoms with Gasteiger partial charge in [0, 0.05) is 38.6 Å². The molecule has 0 unspecified atom stereocenters. The third kappa shape index (κ3) is 3.44. The molecule has 26 heavy (non-hydrogen) atoms. The van der Waals surface area contributed by atoms with Gasteiger partial charge in [0.05, 0.1) is 18.9 Å². The number of para-hydroxylation sites is 2. The van der Waals surface area contributed by atoms with Crippen LogP contribution in [-0.4, -0.2) is 49.8 Å². The van der Waals surface area contributed by atoms with Crippen LogP contribution in [0.3, 0.4) is 0 Å². The van der Waals surface area contributed by atoms with Crippen molar-refractivity contribution >= 4 is 5.69 Å². The van der Waals surface area contributed by atoms with Crippen molar-refractivity contribution in [1.29, 1.82) is 0 Å². The Morgan fingerprint density at radius 1 is 1.00 bits per heavy atom. The molecule has 1 aliphatic heterocycles. The van der Waals surface area contributed by atoms with Crippen molar-refractivity contribution in [3.05, 3.63) is 59.7 Å². The van der Waals surface area contributed by atoms with Crippen LogP contribution in [0.1, 0.15) is 23.7 Å². The van der Waals surface area contributed by atoms with Crippen LogP contribution < -0.4 is 9.64 Å². The van der Waals surface area contributed by atoms with Crippen molar-refractivity contribution in [2.45, 2.75) is 18.9 Å². The summed E-state index contributed by atoms with van der Waals surface area (Å²) in [6.45, 7) is 5.04. The SMILES string of the molecule is COc1ccccc1N1CCN(C[C@@H]2CCc3ccccc3[C@H]2O)CC1. The molecule has 2 atom stereocenters. The summed E-state index contributed by atoms with van der Waals surface area (Å²) in [4.78, 5) is 4.91. The number of methoxy groups -OCH3 is 1. The quantitative estimate of drug-likeness (QED) is 0.917. The third-order valence-electron chi connectivity index (χ3n) is 5.90. The zero-order valence-corrected chi connectivity index (χ0v) is 15.5. The van der Waals surface area contributed by atoms with Gasteiger partial charge in [-0.1, -0.05) is 36.4 Å². The molecule has 2 aromatic carbocycles. The maximum atomic E-state index is 10.8. The van der Waals surface area contributed by atoms with Crippen molar-refractivity contribution in [2.75, 3.05) is 44.7 Å². The minimum atomic E-state index is -0.327. The molecule has 1 aliphatic carbocycles. The summed E-state index contributed by atoms with van der Waals surface area (Å²) in [5.41, 5.74) is 3.63. The number of nitrogens with zero attached hydrogens (tertiary/aromatic N) is 2. The molecule has 4 rings (SSSR count). The molecular weight excluding hydrogens is 324 g/mol. The Bertz CT molecular complexity index is 740. The molecule has 1 fully saturated rings. The predicted octanol–water partition coefficient (Wildman–Crippen LogP) is 3.11. The summed E-state index contributed by atoms with van der Waals surface area (Å²) in [5, 5.41) is 10.8. The summed E-state index contributed by atoms with van der Waals surface area (Å²) >= 11 is 0. The van der Waals surface area contributed by atoms with Gasteiger partial charge in [0.15, 0.2) is 0 Å². The Hall–Kier alpha value is -2.04. The highest BCUT2D eigenvalue weighted by Gasteiger charge is 2.30. The number of aryl methyl sites for hydroxylation is 1. The van der Waals surface area contributed by atoms with Gasteiger partial charge in [0.2, 0.25) is 0 Å². The Morgan fingerprint density at radius 2 is 1.73 bits per heavy atom. The van der Waals surface area contributed by atoms with Gasteiger partial charge < -0.3 is 14.7 Å². The van der Waals surface area contributed by atoms with Crippen LogP contribution in [0.25, 0.3) is 0 Å². The number of anilines is 1. The molecule has 4 heteroatoms. The van der Waals surface area contributed by atoms with Crippen molar-refractivity contribution < 1.29 is 9.84 Å². The highest BCUT2D eigenvalue weighted by molar-refractivity contribution is 5.58. The monoisotopic (exact) mass is 352 g/mol. The van der Waals surface area contributed by atoms with E-state index in [1.807, 2.05) is 18.2 Å². The molecule has 4 nitrogen and oxygen atoms in total. The predicted molar refractivity (Wildman–Crippen MR) is 105 cm³/mol. The first kappa shape index (κ1) is 17.4. The molecule has 2 aromatic rings. The smallest absolute Gasteiger partial charge is 0.142 e. The molecular formula is C22H28N2O2. The summed E-state index contributed by atoms with van der Waals surface area (Å²) in [5.74, 6) is 1.28. The van der Waals surface area contributed by atoms with Crippen LogP contribution in [0, 0.1) is 5.92 Å². The van der Waals surface area contributed by atoms with Crippen molar-refractivity contribution in [1.82, 2.24) is 4.90 Å². The molecule has 0 aromatic heterocycles. The molecule has 0 radical (unpaired) electrons. The van der Waals surface area contributed by atoms with E-state index in [2.05, 4.69) is 40.1 Å². The van der Waals surface area contributed by atoms with Crippen molar-refractivity contribution in [3.8, 4) is 5.75 Å². The minimum absolute atomic E-state index is 0.327. The summed E-state index contributed by atoms with van der Waals surface area (Å²) in [7, 11) is 1.73. The molecule has 0 amide bonds. The number of rotatable bonds is 4. The lowest BCUT2D eigenvalue weighted by molar-refractivity contribution is 0.0642. The van der Waals surface area contributed by atoms with E-state index >= 15 is 0 Å². The number of benzene rings is 2. The highest BCUT2D eigenvalue weighted by atomic mass is 16.5. The Morgan fingerprint density at radius 3 is 2.54 bits per heavy atom. The molecule has 0 bridgehead atoms. The minimum Gasteiger partial charge on any atom is -0.495 e. The molecule has 0 saturated carbocycles. The zero-order chi connectivity index (χ0) is 17.9. The molecule has 0 spiro atoms. The maximum Gasteiger partial charge on any atom is 0.142 e. The van der Waals surface area contributed by atoms with Crippen LogP contribution in [0.4, 0.5) is 5.69 Å². The average Bonchev–Trinajstić information content (AvgIpc) is 2.71. The molecule has 1 N–H and O–H groups in total. The van der Waals surface area contributed by atoms with Crippen LogP contribution in [0.15, 0.2) is 48.5 Å². The van der Waals surface area contributed by atoms with Crippen LogP contribution in [0.5, 0.6) is 5.75 Å². The maximum absolute atomic E-state index is 10.8. The second-order valence-corrected chi connectivity index (χ2v) is 7.40. The van der Waals surface area contributed by atoms with Crippen LogP contribution in [0.2, 0.25) is 0 Å². The van der Waals surface area contributed by atoms with Crippen molar-refractivity contribution in [2.24, 2.45) is 5.92 Å². The summed E-state index contributed by atoms with van der Waals surface area (Å²) in [6.07, 6.45) is 1.83. The van der Waals surface area contributed by atoms with Gasteiger partial charge in [-0.3, -0.25) is 4.90 Å². The Balaban J connectivity index is 1.36. The molecule has 1 saturated heterocycles. The topological polar surface area (TPSA) is 35.9 Å².